The maximum Gasteiger partial charge on any atom is 0.311 e. The Balaban J connectivity index is 3.12. The fourth-order valence-electron chi connectivity index (χ4n) is 2.04. The van der Waals surface area contributed by atoms with E-state index in [4.69, 9.17) is 4.74 Å². The molecule has 0 spiro atoms. The first kappa shape index (κ1) is 16.2. The average Bonchev–Trinajstić information content (AvgIpc) is 2.46. The minimum atomic E-state index is -1.65. The van der Waals surface area contributed by atoms with Gasteiger partial charge in [-0.05, 0) is 19.4 Å². The standard InChI is InChI=1S/C15H20O5/c1-4-20-13(16)10-15(18,11(2)14(17)19-3)12-8-6-5-7-9-12/h5-9,11,18H,4,10H2,1-3H3/t11-,15+/m1/s1. The molecule has 0 amide bonds. The van der Waals surface area contributed by atoms with Gasteiger partial charge >= 0.3 is 11.9 Å². The quantitative estimate of drug-likeness (QED) is 0.802. The molecule has 0 saturated heterocycles. The van der Waals surface area contributed by atoms with Gasteiger partial charge in [0.15, 0.2) is 0 Å². The Hall–Kier alpha value is -1.88. The summed E-state index contributed by atoms with van der Waals surface area (Å²) in [6.07, 6.45) is -0.304. The molecule has 0 aromatic heterocycles. The SMILES string of the molecule is CCOC(=O)C[C@@](O)(c1ccccc1)[C@H](C)C(=O)OC. The summed E-state index contributed by atoms with van der Waals surface area (Å²) in [6, 6.07) is 8.58. The van der Waals surface area contributed by atoms with Crippen LogP contribution in [0.1, 0.15) is 25.8 Å². The summed E-state index contributed by atoms with van der Waals surface area (Å²) in [5, 5.41) is 10.8. The normalized spacial score (nSPS) is 15.0. The van der Waals surface area contributed by atoms with Crippen molar-refractivity contribution in [3.05, 3.63) is 35.9 Å². The van der Waals surface area contributed by atoms with E-state index in [-0.39, 0.29) is 13.0 Å². The summed E-state index contributed by atoms with van der Waals surface area (Å²) in [5.74, 6) is -2.03. The molecule has 110 valence electrons. The lowest BCUT2D eigenvalue weighted by atomic mass is 9.79. The van der Waals surface area contributed by atoms with Gasteiger partial charge in [-0.15, -0.1) is 0 Å². The highest BCUT2D eigenvalue weighted by atomic mass is 16.5. The molecule has 1 aromatic carbocycles. The molecule has 0 unspecified atom stereocenters. The predicted molar refractivity (Wildman–Crippen MR) is 72.8 cm³/mol. The van der Waals surface area contributed by atoms with Crippen LogP contribution >= 0.6 is 0 Å². The second kappa shape index (κ2) is 7.05. The lowest BCUT2D eigenvalue weighted by Crippen LogP contribution is -2.41. The van der Waals surface area contributed by atoms with Gasteiger partial charge in [-0.1, -0.05) is 30.3 Å². The molecule has 5 heteroatoms. The second-order valence-electron chi connectivity index (χ2n) is 4.52. The van der Waals surface area contributed by atoms with Crippen LogP contribution in [-0.4, -0.2) is 30.8 Å². The van der Waals surface area contributed by atoms with Crippen molar-refractivity contribution in [2.45, 2.75) is 25.9 Å². The van der Waals surface area contributed by atoms with E-state index in [9.17, 15) is 14.7 Å². The molecule has 5 nitrogen and oxygen atoms in total. The Kier molecular flexibility index (Phi) is 5.70. The molecule has 2 atom stereocenters. The Morgan fingerprint density at radius 1 is 1.30 bits per heavy atom. The van der Waals surface area contributed by atoms with Gasteiger partial charge in [0.1, 0.15) is 5.60 Å². The number of hydrogen-bond acceptors (Lipinski definition) is 5. The molecular weight excluding hydrogens is 260 g/mol. The van der Waals surface area contributed by atoms with Crippen molar-refractivity contribution in [2.75, 3.05) is 13.7 Å². The van der Waals surface area contributed by atoms with Crippen LogP contribution in [0.15, 0.2) is 30.3 Å². The molecule has 0 aliphatic heterocycles. The topological polar surface area (TPSA) is 72.8 Å². The zero-order chi connectivity index (χ0) is 15.2. The Morgan fingerprint density at radius 3 is 2.40 bits per heavy atom. The van der Waals surface area contributed by atoms with Crippen molar-refractivity contribution in [1.29, 1.82) is 0 Å². The Labute approximate surface area is 118 Å². The first-order chi connectivity index (χ1) is 9.45. The largest absolute Gasteiger partial charge is 0.469 e. The van der Waals surface area contributed by atoms with Gasteiger partial charge in [0.05, 0.1) is 26.1 Å². The van der Waals surface area contributed by atoms with Gasteiger partial charge < -0.3 is 14.6 Å². The monoisotopic (exact) mass is 280 g/mol. The summed E-state index contributed by atoms with van der Waals surface area (Å²) < 4.78 is 9.54. The molecule has 0 bridgehead atoms. The molecule has 1 N–H and O–H groups in total. The highest BCUT2D eigenvalue weighted by molar-refractivity contribution is 5.77. The molecule has 0 saturated carbocycles. The van der Waals surface area contributed by atoms with E-state index in [0.29, 0.717) is 5.56 Å². The molecule has 0 heterocycles. The minimum absolute atomic E-state index is 0.219. The number of rotatable bonds is 6. The van der Waals surface area contributed by atoms with E-state index in [0.717, 1.165) is 0 Å². The average molecular weight is 280 g/mol. The van der Waals surface area contributed by atoms with Crippen molar-refractivity contribution in [3.8, 4) is 0 Å². The number of carbonyl (C=O) groups excluding carboxylic acids is 2. The van der Waals surface area contributed by atoms with E-state index in [1.165, 1.54) is 14.0 Å². The van der Waals surface area contributed by atoms with Gasteiger partial charge in [-0.3, -0.25) is 9.59 Å². The lowest BCUT2D eigenvalue weighted by Gasteiger charge is -2.32. The molecule has 1 aromatic rings. The van der Waals surface area contributed by atoms with Crippen LogP contribution in [-0.2, 0) is 24.7 Å². The third-order valence-electron chi connectivity index (χ3n) is 3.26. The summed E-state index contributed by atoms with van der Waals surface area (Å²) in [4.78, 5) is 23.4. The third kappa shape index (κ3) is 3.57. The Morgan fingerprint density at radius 2 is 1.90 bits per heavy atom. The molecule has 0 radical (unpaired) electrons. The first-order valence-corrected chi connectivity index (χ1v) is 6.47. The molecule has 20 heavy (non-hydrogen) atoms. The summed E-state index contributed by atoms with van der Waals surface area (Å²) >= 11 is 0. The maximum atomic E-state index is 11.7. The van der Waals surface area contributed by atoms with Gasteiger partial charge in [0.25, 0.3) is 0 Å². The zero-order valence-corrected chi connectivity index (χ0v) is 12.0. The fraction of sp³-hybridized carbons (Fsp3) is 0.467. The summed E-state index contributed by atoms with van der Waals surface area (Å²) in [7, 11) is 1.24. The number of hydrogen-bond donors (Lipinski definition) is 1. The van der Waals surface area contributed by atoms with Crippen LogP contribution in [0.4, 0.5) is 0 Å². The first-order valence-electron chi connectivity index (χ1n) is 6.47. The van der Waals surface area contributed by atoms with Crippen LogP contribution in [0.25, 0.3) is 0 Å². The highest BCUT2D eigenvalue weighted by Gasteiger charge is 2.42. The van der Waals surface area contributed by atoms with Crippen LogP contribution in [0, 0.1) is 5.92 Å². The zero-order valence-electron chi connectivity index (χ0n) is 12.0. The summed E-state index contributed by atoms with van der Waals surface area (Å²) in [6.45, 7) is 3.43. The number of carbonyl (C=O) groups is 2. The molecule has 1 rings (SSSR count). The Bertz CT molecular complexity index is 457. The van der Waals surface area contributed by atoms with Gasteiger partial charge in [-0.2, -0.15) is 0 Å². The van der Waals surface area contributed by atoms with E-state index in [2.05, 4.69) is 4.74 Å². The molecule has 0 fully saturated rings. The smallest absolute Gasteiger partial charge is 0.311 e. The second-order valence-corrected chi connectivity index (χ2v) is 4.52. The number of methoxy groups -OCH3 is 1. The maximum absolute atomic E-state index is 11.7. The fourth-order valence-corrected chi connectivity index (χ4v) is 2.04. The molecule has 0 aliphatic rings. The van der Waals surface area contributed by atoms with Crippen LogP contribution in [0.2, 0.25) is 0 Å². The van der Waals surface area contributed by atoms with E-state index >= 15 is 0 Å². The number of aliphatic hydroxyl groups is 1. The minimum Gasteiger partial charge on any atom is -0.469 e. The number of benzene rings is 1. The molecular formula is C15H20O5. The van der Waals surface area contributed by atoms with Crippen LogP contribution in [0.5, 0.6) is 0 Å². The van der Waals surface area contributed by atoms with Crippen molar-refractivity contribution in [2.24, 2.45) is 5.92 Å². The van der Waals surface area contributed by atoms with Crippen LogP contribution in [0.3, 0.4) is 0 Å². The van der Waals surface area contributed by atoms with E-state index < -0.39 is 23.5 Å². The van der Waals surface area contributed by atoms with Crippen molar-refractivity contribution in [3.63, 3.8) is 0 Å². The number of esters is 2. The van der Waals surface area contributed by atoms with Gasteiger partial charge in [0, 0.05) is 0 Å². The molecule has 0 aliphatic carbocycles. The van der Waals surface area contributed by atoms with E-state index in [1.54, 1.807) is 37.3 Å². The van der Waals surface area contributed by atoms with Crippen molar-refractivity contribution < 1.29 is 24.2 Å². The van der Waals surface area contributed by atoms with Crippen LogP contribution < -0.4 is 0 Å². The van der Waals surface area contributed by atoms with E-state index in [1.807, 2.05) is 0 Å². The predicted octanol–water partition coefficient (Wildman–Crippen LogP) is 1.64. The van der Waals surface area contributed by atoms with Gasteiger partial charge in [0.2, 0.25) is 0 Å². The third-order valence-corrected chi connectivity index (χ3v) is 3.26. The van der Waals surface area contributed by atoms with Crippen molar-refractivity contribution >= 4 is 11.9 Å². The number of ether oxygens (including phenoxy) is 2. The lowest BCUT2D eigenvalue weighted by molar-refractivity contribution is -0.162. The van der Waals surface area contributed by atoms with Crippen molar-refractivity contribution in [1.82, 2.24) is 0 Å². The highest BCUT2D eigenvalue weighted by Crippen LogP contribution is 2.34. The van der Waals surface area contributed by atoms with Gasteiger partial charge in [-0.25, -0.2) is 0 Å². The summed E-state index contributed by atoms with van der Waals surface area (Å²) in [5.41, 5.74) is -1.17.